The second-order valence-corrected chi connectivity index (χ2v) is 8.84. The molecule has 3 aromatic heterocycles. The zero-order valence-electron chi connectivity index (χ0n) is 19.9. The van der Waals surface area contributed by atoms with Crippen LogP contribution in [0.5, 0.6) is 17.4 Å². The summed E-state index contributed by atoms with van der Waals surface area (Å²) in [5.74, 6) is 2.92. The van der Waals surface area contributed by atoms with Gasteiger partial charge in [-0.15, -0.1) is 0 Å². The fraction of sp³-hybridized carbons (Fsp3) is 0.400. The predicted octanol–water partition coefficient (Wildman–Crippen LogP) is 4.17. The number of ether oxygens (including phenoxy) is 3. The van der Waals surface area contributed by atoms with Crippen LogP contribution in [0.25, 0.3) is 16.8 Å². The van der Waals surface area contributed by atoms with E-state index in [1.165, 1.54) is 4.57 Å². The molecule has 1 aliphatic rings. The second-order valence-electron chi connectivity index (χ2n) is 8.84. The van der Waals surface area contributed by atoms with Gasteiger partial charge in [-0.1, -0.05) is 0 Å². The molecule has 0 radical (unpaired) electrons. The van der Waals surface area contributed by atoms with Crippen molar-refractivity contribution < 1.29 is 14.2 Å². The molecule has 0 unspecified atom stereocenters. The van der Waals surface area contributed by atoms with Gasteiger partial charge >= 0.3 is 0 Å². The van der Waals surface area contributed by atoms with E-state index in [9.17, 15) is 4.79 Å². The van der Waals surface area contributed by atoms with Crippen molar-refractivity contribution in [1.29, 1.82) is 0 Å². The van der Waals surface area contributed by atoms with Crippen molar-refractivity contribution in [3.63, 3.8) is 0 Å². The number of nitrogens with zero attached hydrogens (tertiary/aromatic N) is 5. The summed E-state index contributed by atoms with van der Waals surface area (Å²) in [7, 11) is 3.35. The molecule has 0 bridgehead atoms. The fourth-order valence-electron chi connectivity index (χ4n) is 4.28. The molecule has 1 fully saturated rings. The van der Waals surface area contributed by atoms with Crippen LogP contribution in [-0.2, 0) is 11.8 Å². The van der Waals surface area contributed by atoms with Gasteiger partial charge in [0.1, 0.15) is 22.8 Å². The third-order valence-corrected chi connectivity index (χ3v) is 6.30. The van der Waals surface area contributed by atoms with Crippen LogP contribution < -0.4 is 15.0 Å². The molecule has 9 nitrogen and oxygen atoms in total. The molecular formula is C25H29N5O4. The SMILES string of the molecule is COc1cn(C(C)C)nc1-c1ccc(Oc2cn3c(C4CCOCC4)ncc3c(=O)n2C)cc1. The maximum Gasteiger partial charge on any atom is 0.279 e. The maximum absolute atomic E-state index is 13.0. The van der Waals surface area contributed by atoms with Gasteiger partial charge in [0.15, 0.2) is 5.75 Å². The molecule has 4 aromatic rings. The van der Waals surface area contributed by atoms with Crippen molar-refractivity contribution >= 4 is 5.52 Å². The Hall–Kier alpha value is -3.59. The molecule has 0 saturated carbocycles. The second kappa shape index (κ2) is 8.98. The van der Waals surface area contributed by atoms with E-state index in [-0.39, 0.29) is 17.5 Å². The first-order chi connectivity index (χ1) is 16.5. The van der Waals surface area contributed by atoms with E-state index in [1.807, 2.05) is 45.7 Å². The standard InChI is InChI=1S/C25H29N5O4/c1-16(2)30-14-21(32-4)23(27-30)17-5-7-19(8-6-17)34-22-15-29-20(25(31)28(22)3)13-26-24(29)18-9-11-33-12-10-18/h5-8,13-16,18H,9-12H2,1-4H3. The van der Waals surface area contributed by atoms with E-state index in [0.29, 0.717) is 30.4 Å². The number of hydrogen-bond acceptors (Lipinski definition) is 6. The van der Waals surface area contributed by atoms with E-state index in [2.05, 4.69) is 23.9 Å². The summed E-state index contributed by atoms with van der Waals surface area (Å²) < 4.78 is 22.4. The number of hydrogen-bond donors (Lipinski definition) is 0. The largest absolute Gasteiger partial charge is 0.493 e. The summed E-state index contributed by atoms with van der Waals surface area (Å²) in [6.07, 6.45) is 7.17. The number of benzene rings is 1. The van der Waals surface area contributed by atoms with Gasteiger partial charge in [0.25, 0.3) is 5.56 Å². The number of aromatic nitrogens is 5. The fourth-order valence-corrected chi connectivity index (χ4v) is 4.28. The smallest absolute Gasteiger partial charge is 0.279 e. The highest BCUT2D eigenvalue weighted by molar-refractivity contribution is 5.66. The Balaban J connectivity index is 1.45. The van der Waals surface area contributed by atoms with Crippen LogP contribution in [-0.4, -0.2) is 44.1 Å². The van der Waals surface area contributed by atoms with E-state index in [1.54, 1.807) is 20.4 Å². The molecule has 34 heavy (non-hydrogen) atoms. The average Bonchev–Trinajstić information content (AvgIpc) is 3.48. The summed E-state index contributed by atoms with van der Waals surface area (Å²) in [5, 5.41) is 4.66. The molecular weight excluding hydrogens is 434 g/mol. The van der Waals surface area contributed by atoms with Gasteiger partial charge in [0.2, 0.25) is 5.88 Å². The minimum atomic E-state index is -0.149. The Bertz CT molecular complexity index is 1360. The first-order valence-electron chi connectivity index (χ1n) is 11.5. The van der Waals surface area contributed by atoms with E-state index >= 15 is 0 Å². The lowest BCUT2D eigenvalue weighted by molar-refractivity contribution is 0.0834. The topological polar surface area (TPSA) is 84.8 Å². The van der Waals surface area contributed by atoms with Gasteiger partial charge in [-0.2, -0.15) is 5.10 Å². The van der Waals surface area contributed by atoms with Crippen LogP contribution in [0.15, 0.2) is 47.7 Å². The lowest BCUT2D eigenvalue weighted by Gasteiger charge is -2.21. The van der Waals surface area contributed by atoms with E-state index in [4.69, 9.17) is 14.2 Å². The highest BCUT2D eigenvalue weighted by Gasteiger charge is 2.22. The minimum absolute atomic E-state index is 0.149. The number of methoxy groups -OCH3 is 1. The lowest BCUT2D eigenvalue weighted by Crippen LogP contribution is -2.22. The van der Waals surface area contributed by atoms with Crippen LogP contribution in [0.1, 0.15) is 44.5 Å². The van der Waals surface area contributed by atoms with Gasteiger partial charge in [-0.3, -0.25) is 18.4 Å². The summed E-state index contributed by atoms with van der Waals surface area (Å²) >= 11 is 0. The number of fused-ring (bicyclic) bond motifs is 1. The van der Waals surface area contributed by atoms with Crippen LogP contribution >= 0.6 is 0 Å². The molecule has 4 heterocycles. The quantitative estimate of drug-likeness (QED) is 0.427. The summed E-state index contributed by atoms with van der Waals surface area (Å²) in [5.41, 5.74) is 2.09. The van der Waals surface area contributed by atoms with Crippen molar-refractivity contribution in [3.8, 4) is 28.6 Å². The van der Waals surface area contributed by atoms with E-state index in [0.717, 1.165) is 35.7 Å². The molecule has 9 heteroatoms. The molecule has 1 aliphatic heterocycles. The van der Waals surface area contributed by atoms with Crippen molar-refractivity contribution in [3.05, 3.63) is 59.0 Å². The zero-order valence-corrected chi connectivity index (χ0v) is 19.9. The van der Waals surface area contributed by atoms with Crippen molar-refractivity contribution in [2.45, 2.75) is 38.6 Å². The summed E-state index contributed by atoms with van der Waals surface area (Å²) in [4.78, 5) is 17.5. The summed E-state index contributed by atoms with van der Waals surface area (Å²) in [6.45, 7) is 5.56. The van der Waals surface area contributed by atoms with Gasteiger partial charge in [0, 0.05) is 37.8 Å². The Morgan fingerprint density at radius 3 is 2.53 bits per heavy atom. The molecule has 178 valence electrons. The molecule has 0 aliphatic carbocycles. The van der Waals surface area contributed by atoms with Gasteiger partial charge in [-0.05, 0) is 51.0 Å². The van der Waals surface area contributed by atoms with Crippen LogP contribution in [0, 0.1) is 0 Å². The minimum Gasteiger partial charge on any atom is -0.493 e. The Morgan fingerprint density at radius 2 is 1.85 bits per heavy atom. The van der Waals surface area contributed by atoms with Crippen LogP contribution in [0.2, 0.25) is 0 Å². The molecule has 1 aromatic carbocycles. The van der Waals surface area contributed by atoms with Crippen LogP contribution in [0.3, 0.4) is 0 Å². The Labute approximate surface area is 197 Å². The van der Waals surface area contributed by atoms with Crippen LogP contribution in [0.4, 0.5) is 0 Å². The molecule has 1 saturated heterocycles. The summed E-state index contributed by atoms with van der Waals surface area (Å²) in [6, 6.07) is 7.84. The number of rotatable bonds is 6. The first-order valence-corrected chi connectivity index (χ1v) is 11.5. The van der Waals surface area contributed by atoms with Crippen molar-refractivity contribution in [2.75, 3.05) is 20.3 Å². The highest BCUT2D eigenvalue weighted by Crippen LogP contribution is 2.32. The molecule has 0 N–H and O–H groups in total. The monoisotopic (exact) mass is 463 g/mol. The van der Waals surface area contributed by atoms with Gasteiger partial charge in [0.05, 0.1) is 25.7 Å². The third kappa shape index (κ3) is 3.96. The molecule has 0 amide bonds. The molecule has 0 atom stereocenters. The maximum atomic E-state index is 13.0. The zero-order chi connectivity index (χ0) is 23.8. The highest BCUT2D eigenvalue weighted by atomic mass is 16.5. The Morgan fingerprint density at radius 1 is 1.12 bits per heavy atom. The van der Waals surface area contributed by atoms with E-state index < -0.39 is 0 Å². The molecule has 0 spiro atoms. The average molecular weight is 464 g/mol. The lowest BCUT2D eigenvalue weighted by atomic mass is 10.00. The Kier molecular flexibility index (Phi) is 5.87. The van der Waals surface area contributed by atoms with Gasteiger partial charge in [-0.25, -0.2) is 4.98 Å². The van der Waals surface area contributed by atoms with Crippen molar-refractivity contribution in [1.82, 2.24) is 23.7 Å². The predicted molar refractivity (Wildman–Crippen MR) is 128 cm³/mol. The molecule has 5 rings (SSSR count). The normalized spacial score (nSPS) is 14.7. The third-order valence-electron chi connectivity index (χ3n) is 6.30. The number of imidazole rings is 1. The first kappa shape index (κ1) is 22.2. The van der Waals surface area contributed by atoms with Crippen molar-refractivity contribution in [2.24, 2.45) is 7.05 Å². The van der Waals surface area contributed by atoms with Gasteiger partial charge < -0.3 is 14.2 Å².